The summed E-state index contributed by atoms with van der Waals surface area (Å²) >= 11 is 0. The first kappa shape index (κ1) is 9.90. The number of anilines is 1. The molecule has 1 heterocycles. The van der Waals surface area contributed by atoms with Gasteiger partial charge in [0.05, 0.1) is 16.7 Å². The quantitative estimate of drug-likeness (QED) is 0.666. The summed E-state index contributed by atoms with van der Waals surface area (Å²) in [6, 6.07) is 5.59. The first-order valence-corrected chi connectivity index (χ1v) is 4.99. The van der Waals surface area contributed by atoms with Crippen molar-refractivity contribution in [1.82, 2.24) is 9.97 Å². The van der Waals surface area contributed by atoms with Gasteiger partial charge in [-0.3, -0.25) is 4.98 Å². The molecule has 0 saturated carbocycles. The molecule has 0 aliphatic rings. The second kappa shape index (κ2) is 3.19. The summed E-state index contributed by atoms with van der Waals surface area (Å²) < 4.78 is 0. The number of benzene rings is 1. The van der Waals surface area contributed by atoms with E-state index in [9.17, 15) is 0 Å². The van der Waals surface area contributed by atoms with Gasteiger partial charge in [-0.1, -0.05) is 20.8 Å². The molecule has 0 amide bonds. The van der Waals surface area contributed by atoms with E-state index < -0.39 is 0 Å². The predicted molar refractivity (Wildman–Crippen MR) is 62.7 cm³/mol. The van der Waals surface area contributed by atoms with Gasteiger partial charge in [-0.15, -0.1) is 0 Å². The van der Waals surface area contributed by atoms with Gasteiger partial charge in [0.15, 0.2) is 0 Å². The van der Waals surface area contributed by atoms with Gasteiger partial charge in [0.25, 0.3) is 0 Å². The number of hydrogen-bond acceptors (Lipinski definition) is 3. The lowest BCUT2D eigenvalue weighted by Gasteiger charge is -2.17. The van der Waals surface area contributed by atoms with Gasteiger partial charge >= 0.3 is 0 Å². The van der Waals surface area contributed by atoms with E-state index >= 15 is 0 Å². The zero-order valence-corrected chi connectivity index (χ0v) is 9.28. The minimum atomic E-state index is 0.0196. The van der Waals surface area contributed by atoms with Crippen molar-refractivity contribution >= 4 is 16.7 Å². The third kappa shape index (κ3) is 1.91. The molecule has 0 aliphatic heterocycles. The number of aromatic nitrogens is 2. The van der Waals surface area contributed by atoms with Gasteiger partial charge in [0.1, 0.15) is 0 Å². The van der Waals surface area contributed by atoms with Gasteiger partial charge in [-0.25, -0.2) is 4.98 Å². The highest BCUT2D eigenvalue weighted by Gasteiger charge is 2.16. The van der Waals surface area contributed by atoms with Crippen molar-refractivity contribution in [1.29, 1.82) is 0 Å². The van der Waals surface area contributed by atoms with E-state index in [0.29, 0.717) is 0 Å². The summed E-state index contributed by atoms with van der Waals surface area (Å²) in [5.74, 6) is 0. The summed E-state index contributed by atoms with van der Waals surface area (Å²) in [5, 5.41) is 0. The molecule has 0 atom stereocenters. The Balaban J connectivity index is 2.64. The van der Waals surface area contributed by atoms with Crippen LogP contribution in [0.25, 0.3) is 11.0 Å². The summed E-state index contributed by atoms with van der Waals surface area (Å²) in [6.07, 6.45) is 1.83. The zero-order valence-electron chi connectivity index (χ0n) is 9.28. The average Bonchev–Trinajstić information content (AvgIpc) is 2.15. The molecular weight excluding hydrogens is 186 g/mol. The van der Waals surface area contributed by atoms with Crippen LogP contribution in [-0.4, -0.2) is 9.97 Å². The molecule has 3 heteroatoms. The average molecular weight is 201 g/mol. The zero-order chi connectivity index (χ0) is 11.1. The van der Waals surface area contributed by atoms with Crippen molar-refractivity contribution in [3.63, 3.8) is 0 Å². The smallest absolute Gasteiger partial charge is 0.0910 e. The number of nitrogens with two attached hydrogens (primary N) is 1. The van der Waals surface area contributed by atoms with Gasteiger partial charge < -0.3 is 5.73 Å². The Morgan fingerprint density at radius 2 is 1.87 bits per heavy atom. The Morgan fingerprint density at radius 1 is 1.13 bits per heavy atom. The van der Waals surface area contributed by atoms with E-state index in [1.54, 1.807) is 0 Å². The molecule has 2 N–H and O–H groups in total. The summed E-state index contributed by atoms with van der Waals surface area (Å²) in [6.45, 7) is 6.36. The summed E-state index contributed by atoms with van der Waals surface area (Å²) in [4.78, 5) is 8.94. The molecule has 3 nitrogen and oxygen atoms in total. The van der Waals surface area contributed by atoms with Crippen molar-refractivity contribution in [2.24, 2.45) is 0 Å². The number of fused-ring (bicyclic) bond motifs is 1. The van der Waals surface area contributed by atoms with Crippen LogP contribution < -0.4 is 5.73 Å². The maximum atomic E-state index is 5.72. The lowest BCUT2D eigenvalue weighted by atomic mass is 9.92. The van der Waals surface area contributed by atoms with Gasteiger partial charge in [-0.05, 0) is 18.2 Å². The maximum Gasteiger partial charge on any atom is 0.0910 e. The highest BCUT2D eigenvalue weighted by molar-refractivity contribution is 5.77. The van der Waals surface area contributed by atoms with E-state index in [1.807, 2.05) is 24.4 Å². The third-order valence-electron chi connectivity index (χ3n) is 2.33. The Labute approximate surface area is 89.4 Å². The topological polar surface area (TPSA) is 51.8 Å². The van der Waals surface area contributed by atoms with Crippen LogP contribution in [0.5, 0.6) is 0 Å². The van der Waals surface area contributed by atoms with Crippen molar-refractivity contribution in [3.05, 3.63) is 30.1 Å². The molecule has 0 bridgehead atoms. The van der Waals surface area contributed by atoms with Crippen LogP contribution in [0.3, 0.4) is 0 Å². The fourth-order valence-electron chi connectivity index (χ4n) is 1.39. The van der Waals surface area contributed by atoms with Gasteiger partial charge in [-0.2, -0.15) is 0 Å². The molecule has 0 fully saturated rings. The Hall–Kier alpha value is -1.64. The molecule has 0 spiro atoms. The van der Waals surface area contributed by atoms with Crippen LogP contribution >= 0.6 is 0 Å². The second-order valence-corrected chi connectivity index (χ2v) is 4.75. The molecule has 0 saturated heterocycles. The van der Waals surface area contributed by atoms with Crippen LogP contribution in [0.2, 0.25) is 0 Å². The van der Waals surface area contributed by atoms with Crippen LogP contribution in [0.4, 0.5) is 5.69 Å². The fraction of sp³-hybridized carbons (Fsp3) is 0.333. The lowest BCUT2D eigenvalue weighted by molar-refractivity contribution is 0.569. The van der Waals surface area contributed by atoms with Crippen molar-refractivity contribution < 1.29 is 0 Å². The molecule has 1 aromatic heterocycles. The van der Waals surface area contributed by atoms with Crippen molar-refractivity contribution in [2.75, 3.05) is 5.73 Å². The van der Waals surface area contributed by atoms with E-state index in [-0.39, 0.29) is 5.41 Å². The van der Waals surface area contributed by atoms with Gasteiger partial charge in [0.2, 0.25) is 0 Å². The molecule has 0 aliphatic carbocycles. The first-order chi connectivity index (χ1) is 6.97. The van der Waals surface area contributed by atoms with Crippen LogP contribution in [0.15, 0.2) is 24.4 Å². The second-order valence-electron chi connectivity index (χ2n) is 4.75. The van der Waals surface area contributed by atoms with E-state index in [4.69, 9.17) is 5.73 Å². The Morgan fingerprint density at radius 3 is 2.53 bits per heavy atom. The predicted octanol–water partition coefficient (Wildman–Crippen LogP) is 2.51. The van der Waals surface area contributed by atoms with Crippen molar-refractivity contribution in [2.45, 2.75) is 26.2 Å². The standard InChI is InChI=1S/C12H15N3/c1-12(2,3)11-7-14-9-5-4-8(13)6-10(9)15-11/h4-7H,13H2,1-3H3. The molecule has 2 rings (SSSR count). The lowest BCUT2D eigenvalue weighted by Crippen LogP contribution is -2.13. The number of rotatable bonds is 0. The Bertz CT molecular complexity index is 498. The molecule has 78 valence electrons. The number of nitrogens with zero attached hydrogens (tertiary/aromatic N) is 2. The maximum absolute atomic E-state index is 5.72. The van der Waals surface area contributed by atoms with Crippen LogP contribution in [0.1, 0.15) is 26.5 Å². The highest BCUT2D eigenvalue weighted by atomic mass is 14.8. The number of hydrogen-bond donors (Lipinski definition) is 1. The fourth-order valence-corrected chi connectivity index (χ4v) is 1.39. The minimum Gasteiger partial charge on any atom is -0.399 e. The van der Waals surface area contributed by atoms with E-state index in [1.165, 1.54) is 0 Å². The molecule has 1 aromatic carbocycles. The molecule has 15 heavy (non-hydrogen) atoms. The Kier molecular flexibility index (Phi) is 2.11. The van der Waals surface area contributed by atoms with E-state index in [2.05, 4.69) is 30.7 Å². The van der Waals surface area contributed by atoms with Gasteiger partial charge in [0, 0.05) is 17.3 Å². The molecular formula is C12H15N3. The first-order valence-electron chi connectivity index (χ1n) is 4.99. The normalized spacial score (nSPS) is 11.9. The summed E-state index contributed by atoms with van der Waals surface area (Å²) in [7, 11) is 0. The summed E-state index contributed by atoms with van der Waals surface area (Å²) in [5.41, 5.74) is 9.20. The third-order valence-corrected chi connectivity index (χ3v) is 2.33. The molecule has 2 aromatic rings. The molecule has 0 radical (unpaired) electrons. The van der Waals surface area contributed by atoms with E-state index in [0.717, 1.165) is 22.4 Å². The van der Waals surface area contributed by atoms with Crippen LogP contribution in [0, 0.1) is 0 Å². The minimum absolute atomic E-state index is 0.0196. The number of nitrogen functional groups attached to an aromatic ring is 1. The van der Waals surface area contributed by atoms with Crippen molar-refractivity contribution in [3.8, 4) is 0 Å². The van der Waals surface area contributed by atoms with Crippen LogP contribution in [-0.2, 0) is 5.41 Å². The largest absolute Gasteiger partial charge is 0.399 e. The SMILES string of the molecule is CC(C)(C)c1cnc2ccc(N)cc2n1. The monoisotopic (exact) mass is 201 g/mol. The molecule has 0 unspecified atom stereocenters. The highest BCUT2D eigenvalue weighted by Crippen LogP contribution is 2.22.